The lowest BCUT2D eigenvalue weighted by molar-refractivity contribution is -0.135. The fraction of sp³-hybridized carbons (Fsp3) is 0.529. The minimum atomic E-state index is -0.833. The molecule has 0 radical (unpaired) electrons. The van der Waals surface area contributed by atoms with E-state index in [1.165, 1.54) is 36.7 Å². The van der Waals surface area contributed by atoms with Crippen LogP contribution in [-0.4, -0.2) is 107 Å². The van der Waals surface area contributed by atoms with Crippen LogP contribution in [0.25, 0.3) is 0 Å². The van der Waals surface area contributed by atoms with Crippen LogP contribution in [0.4, 0.5) is 4.39 Å². The number of halogens is 1. The van der Waals surface area contributed by atoms with Crippen molar-refractivity contribution in [2.45, 2.75) is 57.9 Å². The van der Waals surface area contributed by atoms with Crippen LogP contribution >= 0.6 is 11.8 Å². The van der Waals surface area contributed by atoms with Crippen LogP contribution in [-0.2, 0) is 22.4 Å². The van der Waals surface area contributed by atoms with Gasteiger partial charge < -0.3 is 20.0 Å². The number of nitrogens with zero attached hydrogens (tertiary/aromatic N) is 4. The number of fused-ring (bicyclic) bond motifs is 1. The quantitative estimate of drug-likeness (QED) is 0.421. The summed E-state index contributed by atoms with van der Waals surface area (Å²) in [6.07, 6.45) is 4.92. The molecular weight excluding hydrogens is 595 g/mol. The Labute approximate surface area is 270 Å². The first-order valence-corrected chi connectivity index (χ1v) is 16.6. The summed E-state index contributed by atoms with van der Waals surface area (Å²) in [4.78, 5) is 38.6. The maximum Gasteiger partial charge on any atom is 0.300 e. The monoisotopic (exact) mass is 640 g/mol. The van der Waals surface area contributed by atoms with Crippen LogP contribution in [0.5, 0.6) is 0 Å². The number of carboxylic acid groups (broad SMARTS) is 2. The first-order chi connectivity index (χ1) is 21.5. The van der Waals surface area contributed by atoms with Crippen molar-refractivity contribution < 1.29 is 29.0 Å². The van der Waals surface area contributed by atoms with E-state index in [-0.39, 0.29) is 17.6 Å². The molecule has 2 N–H and O–H groups in total. The summed E-state index contributed by atoms with van der Waals surface area (Å²) >= 11 is 2.05. The highest BCUT2D eigenvalue weighted by molar-refractivity contribution is 7.99. The molecule has 0 aromatic heterocycles. The summed E-state index contributed by atoms with van der Waals surface area (Å²) in [7, 11) is 1.86. The molecule has 1 atom stereocenters. The molecule has 2 heterocycles. The molecule has 1 amide bonds. The summed E-state index contributed by atoms with van der Waals surface area (Å²) in [5.41, 5.74) is 4.57. The summed E-state index contributed by atoms with van der Waals surface area (Å²) in [6.45, 7) is 8.33. The molecule has 11 heteroatoms. The third-order valence-electron chi connectivity index (χ3n) is 8.30. The molecule has 2 aromatic rings. The molecule has 2 aliphatic heterocycles. The van der Waals surface area contributed by atoms with Gasteiger partial charge in [-0.1, -0.05) is 12.1 Å². The van der Waals surface area contributed by atoms with Gasteiger partial charge in [0, 0.05) is 82.6 Å². The van der Waals surface area contributed by atoms with Crippen molar-refractivity contribution in [3.05, 3.63) is 70.0 Å². The van der Waals surface area contributed by atoms with Crippen LogP contribution < -0.4 is 0 Å². The minimum absolute atomic E-state index is 0.0191. The van der Waals surface area contributed by atoms with Crippen molar-refractivity contribution in [2.75, 3.05) is 57.8 Å². The number of carboxylic acids is 2. The van der Waals surface area contributed by atoms with Crippen molar-refractivity contribution in [1.82, 2.24) is 14.7 Å². The Kier molecular flexibility index (Phi) is 14.3. The van der Waals surface area contributed by atoms with E-state index in [9.17, 15) is 14.4 Å². The van der Waals surface area contributed by atoms with Gasteiger partial charge in [-0.15, -0.1) is 0 Å². The number of likely N-dealkylation sites (N-methyl/N-ethyl adjacent to an activating group) is 1. The topological polar surface area (TPSA) is 125 Å². The van der Waals surface area contributed by atoms with E-state index >= 15 is 0 Å². The Morgan fingerprint density at radius 2 is 1.64 bits per heavy atom. The van der Waals surface area contributed by atoms with Crippen molar-refractivity contribution in [2.24, 2.45) is 0 Å². The predicted octanol–water partition coefficient (Wildman–Crippen LogP) is 4.74. The van der Waals surface area contributed by atoms with Gasteiger partial charge >= 0.3 is 0 Å². The molecule has 2 aromatic carbocycles. The normalized spacial score (nSPS) is 17.1. The van der Waals surface area contributed by atoms with Crippen LogP contribution in [0.1, 0.15) is 71.6 Å². The highest BCUT2D eigenvalue weighted by Gasteiger charge is 2.33. The lowest BCUT2D eigenvalue weighted by atomic mass is 9.86. The van der Waals surface area contributed by atoms with Crippen molar-refractivity contribution >= 4 is 29.6 Å². The lowest BCUT2D eigenvalue weighted by Crippen LogP contribution is -2.61. The molecule has 9 nitrogen and oxygen atoms in total. The zero-order valence-electron chi connectivity index (χ0n) is 26.5. The number of nitriles is 1. The van der Waals surface area contributed by atoms with Crippen molar-refractivity contribution in [3.63, 3.8) is 0 Å². The van der Waals surface area contributed by atoms with Gasteiger partial charge in [0.2, 0.25) is 0 Å². The minimum Gasteiger partial charge on any atom is -0.481 e. The molecule has 0 saturated carbocycles. The number of aryl methyl sites for hydroxylation is 1. The van der Waals surface area contributed by atoms with E-state index in [2.05, 4.69) is 15.9 Å². The summed E-state index contributed by atoms with van der Waals surface area (Å²) in [6, 6.07) is 13.4. The molecule has 0 spiro atoms. The standard InChI is InChI=1S/C30H37FN4OS.2C2H4O2/c1-33(30(36)29-17-22(18-32)16-24-4-2-3-5-28(24)29)19-25(23-6-8-26(31)9-7-23)10-11-34-20-27(21-34)35-12-14-37-15-13-35;2*1-2(3)4/h6-9,16-17,25,27H,2-5,10-15,19-21H2,1H3;2*1H3,(H,3,4). The smallest absolute Gasteiger partial charge is 0.300 e. The molecule has 1 aliphatic carbocycles. The van der Waals surface area contributed by atoms with E-state index in [1.807, 2.05) is 41.9 Å². The number of carbonyl (C=O) groups is 3. The number of benzene rings is 2. The largest absolute Gasteiger partial charge is 0.481 e. The van der Waals surface area contributed by atoms with E-state index in [0.29, 0.717) is 23.7 Å². The fourth-order valence-corrected chi connectivity index (χ4v) is 7.01. The Hall–Kier alpha value is -3.46. The maximum absolute atomic E-state index is 13.7. The van der Waals surface area contributed by atoms with Gasteiger partial charge in [0.25, 0.3) is 17.8 Å². The average Bonchev–Trinajstić information content (AvgIpc) is 2.99. The highest BCUT2D eigenvalue weighted by atomic mass is 32.2. The second kappa shape index (κ2) is 17.9. The van der Waals surface area contributed by atoms with Crippen LogP contribution in [0, 0.1) is 17.1 Å². The molecule has 5 rings (SSSR count). The SMILES string of the molecule is CC(=O)O.CC(=O)O.CN(CC(CCN1CC(N2CCSCC2)C1)c1ccc(F)cc1)C(=O)c1cc(C#N)cc2c1CCCC2. The second-order valence-electron chi connectivity index (χ2n) is 11.8. The first-order valence-electron chi connectivity index (χ1n) is 15.5. The molecule has 45 heavy (non-hydrogen) atoms. The molecule has 1 unspecified atom stereocenters. The Morgan fingerprint density at radius 3 is 2.24 bits per heavy atom. The zero-order chi connectivity index (χ0) is 32.9. The Bertz CT molecular complexity index is 1320. The van der Waals surface area contributed by atoms with Gasteiger partial charge in [0.1, 0.15) is 5.82 Å². The van der Waals surface area contributed by atoms with Gasteiger partial charge in [-0.3, -0.25) is 19.3 Å². The zero-order valence-corrected chi connectivity index (χ0v) is 27.3. The van der Waals surface area contributed by atoms with E-state index in [0.717, 1.165) is 82.3 Å². The Morgan fingerprint density at radius 1 is 1.04 bits per heavy atom. The first kappa shape index (κ1) is 36.0. The molecular formula is C34H45FN4O5S. The van der Waals surface area contributed by atoms with Gasteiger partial charge in [-0.05, 0) is 79.6 Å². The number of amides is 1. The number of carbonyl (C=O) groups excluding carboxylic acids is 1. The average molecular weight is 641 g/mol. The van der Waals surface area contributed by atoms with Gasteiger partial charge in [-0.2, -0.15) is 17.0 Å². The Balaban J connectivity index is 0.000000619. The summed E-state index contributed by atoms with van der Waals surface area (Å²) in [5.74, 6) is 0.676. The van der Waals surface area contributed by atoms with Crippen LogP contribution in [0.2, 0.25) is 0 Å². The number of likely N-dealkylation sites (tertiary alicyclic amines) is 1. The van der Waals surface area contributed by atoms with Gasteiger partial charge in [0.05, 0.1) is 11.6 Å². The van der Waals surface area contributed by atoms with Gasteiger partial charge in [-0.25, -0.2) is 4.39 Å². The summed E-state index contributed by atoms with van der Waals surface area (Å²) < 4.78 is 13.7. The van der Waals surface area contributed by atoms with Crippen LogP contribution in [0.15, 0.2) is 36.4 Å². The molecule has 2 saturated heterocycles. The summed E-state index contributed by atoms with van der Waals surface area (Å²) in [5, 5.41) is 24.4. The van der Waals surface area contributed by atoms with Crippen molar-refractivity contribution in [1.29, 1.82) is 5.26 Å². The molecule has 3 aliphatic rings. The predicted molar refractivity (Wildman–Crippen MR) is 174 cm³/mol. The number of thioether (sulfide) groups is 1. The number of hydrogen-bond donors (Lipinski definition) is 2. The fourth-order valence-electron chi connectivity index (χ4n) is 6.08. The lowest BCUT2D eigenvalue weighted by Gasteiger charge is -2.47. The van der Waals surface area contributed by atoms with E-state index < -0.39 is 11.9 Å². The molecule has 0 bridgehead atoms. The third kappa shape index (κ3) is 11.4. The maximum atomic E-state index is 13.7. The third-order valence-corrected chi connectivity index (χ3v) is 9.24. The van der Waals surface area contributed by atoms with E-state index in [1.54, 1.807) is 6.07 Å². The van der Waals surface area contributed by atoms with Crippen LogP contribution in [0.3, 0.4) is 0 Å². The van der Waals surface area contributed by atoms with Gasteiger partial charge in [0.15, 0.2) is 0 Å². The second-order valence-corrected chi connectivity index (χ2v) is 13.0. The number of hydrogen-bond acceptors (Lipinski definition) is 7. The molecule has 2 fully saturated rings. The van der Waals surface area contributed by atoms with Crippen molar-refractivity contribution in [3.8, 4) is 6.07 Å². The number of rotatable bonds is 8. The number of aliphatic carboxylic acids is 2. The molecule has 244 valence electrons. The van der Waals surface area contributed by atoms with E-state index in [4.69, 9.17) is 19.8 Å². The highest BCUT2D eigenvalue weighted by Crippen LogP contribution is 2.29.